The fourth-order valence-electron chi connectivity index (χ4n) is 3.72. The predicted molar refractivity (Wildman–Crippen MR) is 107 cm³/mol. The molecule has 0 N–H and O–H groups in total. The van der Waals surface area contributed by atoms with Crippen LogP contribution >= 0.6 is 22.9 Å². The summed E-state index contributed by atoms with van der Waals surface area (Å²) in [5.74, 6) is -0.315. The molecule has 2 aliphatic rings. The van der Waals surface area contributed by atoms with Crippen LogP contribution in [0.3, 0.4) is 0 Å². The van der Waals surface area contributed by atoms with Gasteiger partial charge in [-0.2, -0.15) is 0 Å². The molecule has 2 aromatic rings. The van der Waals surface area contributed by atoms with Gasteiger partial charge in [-0.25, -0.2) is 0 Å². The Morgan fingerprint density at radius 1 is 0.852 bits per heavy atom. The molecule has 142 valence electrons. The Hall–Kier alpha value is -1.73. The first-order valence-electron chi connectivity index (χ1n) is 9.26. The first-order chi connectivity index (χ1) is 13.1. The van der Waals surface area contributed by atoms with E-state index in [2.05, 4.69) is 15.9 Å². The molecule has 2 aliphatic heterocycles. The topological polar surface area (TPSA) is 43.9 Å². The third-order valence-electron chi connectivity index (χ3n) is 5.21. The number of piperazine rings is 1. The van der Waals surface area contributed by atoms with Gasteiger partial charge in [0.1, 0.15) is 0 Å². The van der Waals surface area contributed by atoms with E-state index < -0.39 is 0 Å². The van der Waals surface area contributed by atoms with Gasteiger partial charge in [0.25, 0.3) is 11.8 Å². The monoisotopic (exact) mass is 403 g/mol. The summed E-state index contributed by atoms with van der Waals surface area (Å²) in [4.78, 5) is 32.3. The van der Waals surface area contributed by atoms with Crippen molar-refractivity contribution in [3.63, 3.8) is 0 Å². The molecule has 4 rings (SSSR count). The molecular weight excluding hydrogens is 382 g/mol. The number of hydrogen-bond donors (Lipinski definition) is 0. The highest BCUT2D eigenvalue weighted by molar-refractivity contribution is 7.16. The summed E-state index contributed by atoms with van der Waals surface area (Å²) in [5, 5.41) is 0. The van der Waals surface area contributed by atoms with Crippen LogP contribution in [-0.4, -0.2) is 65.8 Å². The highest BCUT2D eigenvalue weighted by Crippen LogP contribution is 2.24. The Morgan fingerprint density at radius 2 is 1.48 bits per heavy atom. The number of amides is 2. The van der Waals surface area contributed by atoms with E-state index in [0.29, 0.717) is 17.7 Å². The van der Waals surface area contributed by atoms with Gasteiger partial charge in [-0.1, -0.05) is 23.7 Å². The molecule has 0 bridgehead atoms. The number of carbonyl (C=O) groups is 2. The van der Waals surface area contributed by atoms with Crippen LogP contribution in [0.2, 0.25) is 4.34 Å². The Morgan fingerprint density at radius 3 is 2.07 bits per heavy atom. The first kappa shape index (κ1) is 18.6. The minimum absolute atomic E-state index is 0.157. The maximum Gasteiger partial charge on any atom is 0.261 e. The lowest BCUT2D eigenvalue weighted by Gasteiger charge is -2.34. The van der Waals surface area contributed by atoms with Crippen LogP contribution in [0.4, 0.5) is 0 Å². The minimum Gasteiger partial charge on any atom is -0.301 e. The van der Waals surface area contributed by atoms with Crippen molar-refractivity contribution < 1.29 is 9.59 Å². The van der Waals surface area contributed by atoms with E-state index in [0.717, 1.165) is 50.0 Å². The summed E-state index contributed by atoms with van der Waals surface area (Å²) in [5.41, 5.74) is 1.06. The lowest BCUT2D eigenvalue weighted by Crippen LogP contribution is -2.46. The summed E-state index contributed by atoms with van der Waals surface area (Å²) < 4.78 is 0.844. The van der Waals surface area contributed by atoms with Crippen LogP contribution in [-0.2, 0) is 6.54 Å². The van der Waals surface area contributed by atoms with Gasteiger partial charge in [0.05, 0.1) is 15.5 Å². The van der Waals surface area contributed by atoms with Crippen LogP contribution in [0, 0.1) is 0 Å². The number of nitrogens with zero attached hydrogens (tertiary/aromatic N) is 3. The molecule has 0 spiro atoms. The van der Waals surface area contributed by atoms with E-state index in [1.54, 1.807) is 35.6 Å². The van der Waals surface area contributed by atoms with Crippen molar-refractivity contribution in [2.45, 2.75) is 13.0 Å². The molecule has 3 heterocycles. The van der Waals surface area contributed by atoms with Crippen molar-refractivity contribution in [2.24, 2.45) is 0 Å². The second-order valence-corrected chi connectivity index (χ2v) is 8.78. The maximum atomic E-state index is 12.4. The molecular formula is C20H22ClN3O2S. The van der Waals surface area contributed by atoms with Crippen LogP contribution in [0.25, 0.3) is 0 Å². The Kier molecular flexibility index (Phi) is 5.59. The Balaban J connectivity index is 1.21. The molecule has 5 nitrogen and oxygen atoms in total. The SMILES string of the molecule is O=C1c2ccccc2C(=O)N1CCCN1CCN(Cc2ccc(Cl)s2)CC1. The van der Waals surface area contributed by atoms with Crippen molar-refractivity contribution >= 4 is 34.8 Å². The largest absolute Gasteiger partial charge is 0.301 e. The van der Waals surface area contributed by atoms with Crippen LogP contribution in [0.1, 0.15) is 32.0 Å². The summed E-state index contributed by atoms with van der Waals surface area (Å²) in [7, 11) is 0. The van der Waals surface area contributed by atoms with Crippen molar-refractivity contribution in [1.29, 1.82) is 0 Å². The van der Waals surface area contributed by atoms with E-state index in [-0.39, 0.29) is 11.8 Å². The zero-order valence-electron chi connectivity index (χ0n) is 15.1. The molecule has 0 radical (unpaired) electrons. The van der Waals surface area contributed by atoms with Gasteiger partial charge in [0, 0.05) is 44.1 Å². The molecule has 0 atom stereocenters. The van der Waals surface area contributed by atoms with E-state index >= 15 is 0 Å². The fraction of sp³-hybridized carbons (Fsp3) is 0.400. The number of carbonyl (C=O) groups excluding carboxylic acids is 2. The zero-order valence-corrected chi connectivity index (χ0v) is 16.6. The minimum atomic E-state index is -0.157. The summed E-state index contributed by atoms with van der Waals surface area (Å²) in [6.45, 7) is 6.44. The third-order valence-corrected chi connectivity index (χ3v) is 6.42. The molecule has 1 fully saturated rings. The van der Waals surface area contributed by atoms with Crippen molar-refractivity contribution in [3.05, 3.63) is 56.7 Å². The average molecular weight is 404 g/mol. The standard InChI is InChI=1S/C20H22ClN3O2S/c21-18-7-6-15(27-18)14-23-12-10-22(11-13-23)8-3-9-24-19(25)16-4-1-2-5-17(16)20(24)26/h1-2,4-7H,3,8-14H2. The normalized spacial score (nSPS) is 18.3. The van der Waals surface area contributed by atoms with Crippen molar-refractivity contribution in [3.8, 4) is 0 Å². The molecule has 1 saturated heterocycles. The molecule has 2 amide bonds. The van der Waals surface area contributed by atoms with E-state index in [4.69, 9.17) is 11.6 Å². The zero-order chi connectivity index (χ0) is 18.8. The van der Waals surface area contributed by atoms with Crippen molar-refractivity contribution in [1.82, 2.24) is 14.7 Å². The number of imide groups is 1. The van der Waals surface area contributed by atoms with Gasteiger partial charge in [0.15, 0.2) is 0 Å². The fourth-order valence-corrected chi connectivity index (χ4v) is 4.85. The van der Waals surface area contributed by atoms with Crippen LogP contribution < -0.4 is 0 Å². The van der Waals surface area contributed by atoms with E-state index in [9.17, 15) is 9.59 Å². The van der Waals surface area contributed by atoms with Gasteiger partial charge < -0.3 is 4.90 Å². The van der Waals surface area contributed by atoms with E-state index in [1.807, 2.05) is 6.07 Å². The molecule has 0 aliphatic carbocycles. The molecule has 27 heavy (non-hydrogen) atoms. The molecule has 1 aromatic heterocycles. The number of fused-ring (bicyclic) bond motifs is 1. The molecule has 0 saturated carbocycles. The van der Waals surface area contributed by atoms with Gasteiger partial charge in [-0.3, -0.25) is 19.4 Å². The second-order valence-electron chi connectivity index (χ2n) is 6.98. The van der Waals surface area contributed by atoms with Crippen molar-refractivity contribution in [2.75, 3.05) is 39.3 Å². The Labute approximate surface area is 168 Å². The first-order valence-corrected chi connectivity index (χ1v) is 10.5. The highest BCUT2D eigenvalue weighted by Gasteiger charge is 2.34. The van der Waals surface area contributed by atoms with Gasteiger partial charge in [0.2, 0.25) is 0 Å². The van der Waals surface area contributed by atoms with Gasteiger partial charge in [-0.05, 0) is 37.2 Å². The number of halogens is 1. The molecule has 1 aromatic carbocycles. The number of thiophene rings is 1. The highest BCUT2D eigenvalue weighted by atomic mass is 35.5. The predicted octanol–water partition coefficient (Wildman–Crippen LogP) is 3.21. The van der Waals surface area contributed by atoms with Gasteiger partial charge in [-0.15, -0.1) is 11.3 Å². The number of benzene rings is 1. The van der Waals surface area contributed by atoms with Gasteiger partial charge >= 0.3 is 0 Å². The average Bonchev–Trinajstić information content (AvgIpc) is 3.19. The second kappa shape index (κ2) is 8.10. The molecule has 7 heteroatoms. The summed E-state index contributed by atoms with van der Waals surface area (Å²) in [6, 6.07) is 11.1. The maximum absolute atomic E-state index is 12.4. The third kappa shape index (κ3) is 4.09. The van der Waals surface area contributed by atoms with E-state index in [1.165, 1.54) is 9.78 Å². The quantitative estimate of drug-likeness (QED) is 0.695. The number of hydrogen-bond acceptors (Lipinski definition) is 5. The summed E-state index contributed by atoms with van der Waals surface area (Å²) in [6.07, 6.45) is 0.812. The molecule has 0 unspecified atom stereocenters. The lowest BCUT2D eigenvalue weighted by atomic mass is 10.1. The smallest absolute Gasteiger partial charge is 0.261 e. The Bertz CT molecular complexity index is 810. The van der Waals surface area contributed by atoms with Crippen LogP contribution in [0.5, 0.6) is 0 Å². The summed E-state index contributed by atoms with van der Waals surface area (Å²) >= 11 is 7.65. The lowest BCUT2D eigenvalue weighted by molar-refractivity contribution is 0.0640. The number of rotatable bonds is 6. The van der Waals surface area contributed by atoms with Crippen LogP contribution in [0.15, 0.2) is 36.4 Å².